The lowest BCUT2D eigenvalue weighted by molar-refractivity contribution is 0.666. The van der Waals surface area contributed by atoms with Gasteiger partial charge in [0.05, 0.1) is 5.69 Å². The molecule has 1 aliphatic rings. The maximum Gasteiger partial charge on any atom is 0.0546 e. The summed E-state index contributed by atoms with van der Waals surface area (Å²) in [7, 11) is 0. The van der Waals surface area contributed by atoms with Gasteiger partial charge in [-0.25, -0.2) is 0 Å². The summed E-state index contributed by atoms with van der Waals surface area (Å²) in [6.07, 6.45) is 0. The van der Waals surface area contributed by atoms with Crippen molar-refractivity contribution < 1.29 is 0 Å². The van der Waals surface area contributed by atoms with Crippen molar-refractivity contribution in [3.8, 4) is 44.5 Å². The summed E-state index contributed by atoms with van der Waals surface area (Å²) in [6.45, 7) is 4.76. The molecule has 0 bridgehead atoms. The Morgan fingerprint density at radius 3 is 1.34 bits per heavy atom. The van der Waals surface area contributed by atoms with E-state index >= 15 is 0 Å². The standard InChI is InChI=1S/C49H37N/c1-49(2)46-21-13-12-20-42(46)45-33-47(44-32-39(26-31-43(44)48(45)49)36-18-10-5-11-19-36)50(40-27-22-37(23-28-40)34-14-6-3-7-15-34)41-29-24-38(25-30-41)35-16-8-4-9-17-35/h3-33H,1-2H3. The summed E-state index contributed by atoms with van der Waals surface area (Å²) in [5.41, 5.74) is 16.0. The summed E-state index contributed by atoms with van der Waals surface area (Å²) in [5.74, 6) is 0. The molecule has 1 nitrogen and oxygen atoms in total. The Bertz CT molecular complexity index is 2380. The number of benzene rings is 8. The first-order chi connectivity index (χ1) is 24.6. The molecule has 0 aromatic heterocycles. The highest BCUT2D eigenvalue weighted by Crippen LogP contribution is 2.55. The van der Waals surface area contributed by atoms with Crippen molar-refractivity contribution >= 4 is 27.8 Å². The molecule has 8 aromatic rings. The van der Waals surface area contributed by atoms with Crippen LogP contribution in [0.5, 0.6) is 0 Å². The van der Waals surface area contributed by atoms with Crippen LogP contribution in [0.2, 0.25) is 0 Å². The minimum atomic E-state index is -0.129. The molecule has 0 radical (unpaired) electrons. The Kier molecular flexibility index (Phi) is 7.21. The average Bonchev–Trinajstić information content (AvgIpc) is 3.42. The van der Waals surface area contributed by atoms with Crippen molar-refractivity contribution in [2.24, 2.45) is 0 Å². The summed E-state index contributed by atoms with van der Waals surface area (Å²) in [4.78, 5) is 2.45. The molecule has 0 atom stereocenters. The lowest BCUT2D eigenvalue weighted by Crippen LogP contribution is -2.16. The monoisotopic (exact) mass is 639 g/mol. The third-order valence-electron chi connectivity index (χ3n) is 10.4. The van der Waals surface area contributed by atoms with Crippen LogP contribution >= 0.6 is 0 Å². The van der Waals surface area contributed by atoms with Gasteiger partial charge in [-0.3, -0.25) is 0 Å². The largest absolute Gasteiger partial charge is 0.310 e. The first kappa shape index (κ1) is 29.9. The topological polar surface area (TPSA) is 3.24 Å². The first-order valence-electron chi connectivity index (χ1n) is 17.4. The number of nitrogens with zero attached hydrogens (tertiary/aromatic N) is 1. The Labute approximate surface area is 294 Å². The zero-order valence-electron chi connectivity index (χ0n) is 28.3. The zero-order valence-corrected chi connectivity index (χ0v) is 28.3. The number of anilines is 3. The normalized spacial score (nSPS) is 12.8. The van der Waals surface area contributed by atoms with Crippen LogP contribution in [0.4, 0.5) is 17.1 Å². The van der Waals surface area contributed by atoms with Gasteiger partial charge < -0.3 is 4.90 Å². The van der Waals surface area contributed by atoms with Crippen LogP contribution < -0.4 is 4.90 Å². The Morgan fingerprint density at radius 2 is 0.800 bits per heavy atom. The van der Waals surface area contributed by atoms with Crippen LogP contribution in [0.3, 0.4) is 0 Å². The van der Waals surface area contributed by atoms with Crippen LogP contribution in [0, 0.1) is 0 Å². The Morgan fingerprint density at radius 1 is 0.360 bits per heavy atom. The van der Waals surface area contributed by atoms with Crippen LogP contribution in [-0.4, -0.2) is 0 Å². The maximum absolute atomic E-state index is 2.45. The predicted octanol–water partition coefficient (Wildman–Crippen LogP) is 13.6. The molecule has 0 spiro atoms. The number of fused-ring (bicyclic) bond motifs is 5. The van der Waals surface area contributed by atoms with Gasteiger partial charge in [0.15, 0.2) is 0 Å². The first-order valence-corrected chi connectivity index (χ1v) is 17.4. The van der Waals surface area contributed by atoms with E-state index in [0.717, 1.165) is 11.4 Å². The van der Waals surface area contributed by atoms with E-state index in [1.807, 2.05) is 0 Å². The van der Waals surface area contributed by atoms with Gasteiger partial charge in [0.1, 0.15) is 0 Å². The van der Waals surface area contributed by atoms with Gasteiger partial charge in [-0.1, -0.05) is 166 Å². The van der Waals surface area contributed by atoms with Gasteiger partial charge in [0.2, 0.25) is 0 Å². The summed E-state index contributed by atoms with van der Waals surface area (Å²) in [6, 6.07) is 68.5. The predicted molar refractivity (Wildman–Crippen MR) is 213 cm³/mol. The Balaban J connectivity index is 1.31. The van der Waals surface area contributed by atoms with Gasteiger partial charge in [0, 0.05) is 22.2 Å². The van der Waals surface area contributed by atoms with Crippen molar-refractivity contribution in [1.29, 1.82) is 0 Å². The molecule has 0 saturated carbocycles. The molecule has 0 fully saturated rings. The summed E-state index contributed by atoms with van der Waals surface area (Å²) in [5, 5.41) is 2.54. The molecule has 0 N–H and O–H groups in total. The maximum atomic E-state index is 2.45. The highest BCUT2D eigenvalue weighted by molar-refractivity contribution is 6.08. The van der Waals surface area contributed by atoms with E-state index in [9.17, 15) is 0 Å². The van der Waals surface area contributed by atoms with E-state index in [2.05, 4.69) is 207 Å². The summed E-state index contributed by atoms with van der Waals surface area (Å²) >= 11 is 0. The van der Waals surface area contributed by atoms with E-state index in [1.54, 1.807) is 0 Å². The highest BCUT2D eigenvalue weighted by atomic mass is 15.1. The smallest absolute Gasteiger partial charge is 0.0546 e. The molecule has 0 heterocycles. The third-order valence-corrected chi connectivity index (χ3v) is 10.4. The third kappa shape index (κ3) is 5.02. The second-order valence-electron chi connectivity index (χ2n) is 13.8. The molecular weight excluding hydrogens is 603 g/mol. The second-order valence-corrected chi connectivity index (χ2v) is 13.8. The fourth-order valence-electron chi connectivity index (χ4n) is 7.98. The molecule has 1 heteroatoms. The molecule has 1 aliphatic carbocycles. The number of hydrogen-bond donors (Lipinski definition) is 0. The van der Waals surface area contributed by atoms with Gasteiger partial charge in [-0.15, -0.1) is 0 Å². The minimum absolute atomic E-state index is 0.129. The average molecular weight is 640 g/mol. The molecule has 0 unspecified atom stereocenters. The molecular formula is C49H37N. The molecule has 0 saturated heterocycles. The quantitative estimate of drug-likeness (QED) is 0.175. The number of hydrogen-bond acceptors (Lipinski definition) is 1. The molecule has 9 rings (SSSR count). The van der Waals surface area contributed by atoms with Crippen molar-refractivity contribution in [2.75, 3.05) is 4.90 Å². The van der Waals surface area contributed by atoms with Crippen LogP contribution in [0.1, 0.15) is 25.0 Å². The highest BCUT2D eigenvalue weighted by Gasteiger charge is 2.38. The lowest BCUT2D eigenvalue weighted by atomic mass is 9.79. The summed E-state index contributed by atoms with van der Waals surface area (Å²) < 4.78 is 0. The molecule has 238 valence electrons. The second kappa shape index (κ2) is 12.1. The molecule has 0 amide bonds. The van der Waals surface area contributed by atoms with E-state index in [1.165, 1.54) is 72.1 Å². The van der Waals surface area contributed by atoms with Crippen molar-refractivity contribution in [3.63, 3.8) is 0 Å². The lowest BCUT2D eigenvalue weighted by Gasteiger charge is -2.30. The molecule has 0 aliphatic heterocycles. The van der Waals surface area contributed by atoms with Crippen LogP contribution in [0.15, 0.2) is 188 Å². The number of rotatable bonds is 6. The van der Waals surface area contributed by atoms with Gasteiger partial charge in [0.25, 0.3) is 0 Å². The van der Waals surface area contributed by atoms with E-state index in [0.29, 0.717) is 0 Å². The molecule has 8 aromatic carbocycles. The van der Waals surface area contributed by atoms with E-state index < -0.39 is 0 Å². The fraction of sp³-hybridized carbons (Fsp3) is 0.0612. The zero-order chi connectivity index (χ0) is 33.7. The van der Waals surface area contributed by atoms with Crippen molar-refractivity contribution in [1.82, 2.24) is 0 Å². The van der Waals surface area contributed by atoms with Crippen LogP contribution in [0.25, 0.3) is 55.3 Å². The Hall–Kier alpha value is -6.18. The van der Waals surface area contributed by atoms with E-state index in [-0.39, 0.29) is 5.41 Å². The minimum Gasteiger partial charge on any atom is -0.310 e. The van der Waals surface area contributed by atoms with Gasteiger partial charge >= 0.3 is 0 Å². The fourth-order valence-corrected chi connectivity index (χ4v) is 7.98. The van der Waals surface area contributed by atoms with Gasteiger partial charge in [-0.05, 0) is 97.4 Å². The van der Waals surface area contributed by atoms with Gasteiger partial charge in [-0.2, -0.15) is 0 Å². The van der Waals surface area contributed by atoms with E-state index in [4.69, 9.17) is 0 Å². The molecule has 50 heavy (non-hydrogen) atoms. The van der Waals surface area contributed by atoms with Crippen LogP contribution in [-0.2, 0) is 5.41 Å². The van der Waals surface area contributed by atoms with Crippen molar-refractivity contribution in [2.45, 2.75) is 19.3 Å². The van der Waals surface area contributed by atoms with Crippen molar-refractivity contribution in [3.05, 3.63) is 199 Å². The SMILES string of the molecule is CC1(C)c2ccccc2-c2cc(N(c3ccc(-c4ccccc4)cc3)c3ccc(-c4ccccc4)cc3)c3cc(-c4ccccc4)ccc3c21.